The third-order valence-electron chi connectivity index (χ3n) is 2.85. The fourth-order valence-corrected chi connectivity index (χ4v) is 2.33. The average Bonchev–Trinajstić information content (AvgIpc) is 2.87. The fraction of sp³-hybridized carbons (Fsp3) is 0.231. The topological polar surface area (TPSA) is 53.3 Å². The van der Waals surface area contributed by atoms with E-state index in [1.807, 2.05) is 0 Å². The van der Waals surface area contributed by atoms with Gasteiger partial charge in [-0.1, -0.05) is 23.2 Å². The summed E-state index contributed by atoms with van der Waals surface area (Å²) in [5.74, 6) is 0.339. The molecule has 0 aliphatic carbocycles. The molecule has 106 valence electrons. The Balaban J connectivity index is 2.61. The van der Waals surface area contributed by atoms with Crippen LogP contribution in [0.5, 0.6) is 11.5 Å². The molecule has 2 aromatic rings. The molecule has 7 heteroatoms. The molecule has 0 radical (unpaired) electrons. The second-order valence-corrected chi connectivity index (χ2v) is 4.71. The maximum Gasteiger partial charge on any atom is 0.212 e. The van der Waals surface area contributed by atoms with Gasteiger partial charge in [0.05, 0.1) is 19.2 Å². The molecule has 1 aromatic heterocycles. The van der Waals surface area contributed by atoms with Crippen LogP contribution in [-0.2, 0) is 7.05 Å². The minimum absolute atomic E-state index is 0.121. The Morgan fingerprint density at radius 3 is 2.45 bits per heavy atom. The highest BCUT2D eigenvalue weighted by atomic mass is 35.5. The molecule has 1 heterocycles. The summed E-state index contributed by atoms with van der Waals surface area (Å²) < 4.78 is 11.8. The number of rotatable bonds is 4. The normalized spacial score (nSPS) is 10.4. The van der Waals surface area contributed by atoms with E-state index < -0.39 is 0 Å². The highest BCUT2D eigenvalue weighted by Gasteiger charge is 2.23. The van der Waals surface area contributed by atoms with Gasteiger partial charge in [-0.3, -0.25) is 9.48 Å². The number of aromatic nitrogens is 2. The molecule has 2 rings (SSSR count). The first-order valence-electron chi connectivity index (χ1n) is 5.64. The van der Waals surface area contributed by atoms with Gasteiger partial charge in [0.25, 0.3) is 0 Å². The van der Waals surface area contributed by atoms with Crippen LogP contribution in [-0.4, -0.2) is 29.8 Å². The van der Waals surface area contributed by atoms with Crippen LogP contribution in [0.4, 0.5) is 0 Å². The van der Waals surface area contributed by atoms with E-state index in [4.69, 9.17) is 32.7 Å². The van der Waals surface area contributed by atoms with Crippen molar-refractivity contribution in [2.45, 2.75) is 0 Å². The molecular formula is C13H12Cl2N2O3. The standard InChI is InChI=1S/C13H12Cl2N2O3/c1-17-8(4-5-16-17)12(18)7-6-9(19-2)13(20-3)11(15)10(7)14/h4-6H,1-3H3. The third-order valence-corrected chi connectivity index (χ3v) is 3.70. The van der Waals surface area contributed by atoms with E-state index in [2.05, 4.69) is 5.10 Å². The molecule has 0 aliphatic heterocycles. The molecule has 0 bridgehead atoms. The summed E-state index contributed by atoms with van der Waals surface area (Å²) in [5.41, 5.74) is 0.633. The monoisotopic (exact) mass is 314 g/mol. The van der Waals surface area contributed by atoms with Crippen LogP contribution in [0.25, 0.3) is 0 Å². The van der Waals surface area contributed by atoms with Gasteiger partial charge in [0.15, 0.2) is 11.5 Å². The van der Waals surface area contributed by atoms with Gasteiger partial charge in [0, 0.05) is 18.8 Å². The molecule has 0 amide bonds. The zero-order chi connectivity index (χ0) is 14.9. The van der Waals surface area contributed by atoms with Gasteiger partial charge >= 0.3 is 0 Å². The first kappa shape index (κ1) is 14.7. The molecule has 0 spiro atoms. The van der Waals surface area contributed by atoms with Gasteiger partial charge in [0.1, 0.15) is 10.7 Å². The summed E-state index contributed by atoms with van der Waals surface area (Å²) in [7, 11) is 4.58. The van der Waals surface area contributed by atoms with E-state index in [1.54, 1.807) is 13.1 Å². The number of ketones is 1. The Hall–Kier alpha value is -1.72. The largest absolute Gasteiger partial charge is 0.493 e. The van der Waals surface area contributed by atoms with Gasteiger partial charge < -0.3 is 9.47 Å². The van der Waals surface area contributed by atoms with Crippen LogP contribution in [0.1, 0.15) is 16.1 Å². The number of benzene rings is 1. The average molecular weight is 315 g/mol. The molecule has 5 nitrogen and oxygen atoms in total. The summed E-state index contributed by atoms with van der Waals surface area (Å²) in [4.78, 5) is 12.5. The Morgan fingerprint density at radius 2 is 1.95 bits per heavy atom. The highest BCUT2D eigenvalue weighted by Crippen LogP contribution is 2.42. The number of methoxy groups -OCH3 is 2. The first-order valence-corrected chi connectivity index (χ1v) is 6.39. The first-order chi connectivity index (χ1) is 9.51. The van der Waals surface area contributed by atoms with E-state index >= 15 is 0 Å². The van der Waals surface area contributed by atoms with Crippen molar-refractivity contribution in [1.82, 2.24) is 9.78 Å². The van der Waals surface area contributed by atoms with E-state index in [0.29, 0.717) is 17.2 Å². The van der Waals surface area contributed by atoms with Gasteiger partial charge in [-0.15, -0.1) is 0 Å². The summed E-state index contributed by atoms with van der Waals surface area (Å²) in [6, 6.07) is 3.10. The second-order valence-electron chi connectivity index (χ2n) is 3.96. The molecule has 0 saturated heterocycles. The molecule has 0 fully saturated rings. The maximum atomic E-state index is 12.5. The summed E-state index contributed by atoms with van der Waals surface area (Å²) in [6.07, 6.45) is 1.53. The summed E-state index contributed by atoms with van der Waals surface area (Å²) in [5, 5.41) is 4.21. The van der Waals surface area contributed by atoms with E-state index in [-0.39, 0.29) is 21.4 Å². The molecule has 0 N–H and O–H groups in total. The molecule has 1 aromatic carbocycles. The number of carbonyl (C=O) groups is 1. The molecule has 0 aliphatic rings. The molecule has 20 heavy (non-hydrogen) atoms. The minimum atomic E-state index is -0.294. The number of aryl methyl sites for hydroxylation is 1. The predicted molar refractivity (Wildman–Crippen MR) is 76.2 cm³/mol. The van der Waals surface area contributed by atoms with E-state index in [0.717, 1.165) is 0 Å². The van der Waals surface area contributed by atoms with Crippen molar-refractivity contribution in [1.29, 1.82) is 0 Å². The molecular weight excluding hydrogens is 303 g/mol. The van der Waals surface area contributed by atoms with Gasteiger partial charge in [-0.2, -0.15) is 5.10 Å². The van der Waals surface area contributed by atoms with Gasteiger partial charge in [0.2, 0.25) is 5.78 Å². The lowest BCUT2D eigenvalue weighted by Crippen LogP contribution is -2.09. The van der Waals surface area contributed by atoms with Crippen molar-refractivity contribution in [3.63, 3.8) is 0 Å². The number of hydrogen-bond acceptors (Lipinski definition) is 4. The highest BCUT2D eigenvalue weighted by molar-refractivity contribution is 6.45. The van der Waals surface area contributed by atoms with Crippen molar-refractivity contribution in [3.05, 3.63) is 39.6 Å². The van der Waals surface area contributed by atoms with Crippen LogP contribution in [0.3, 0.4) is 0 Å². The quantitative estimate of drug-likeness (QED) is 0.814. The summed E-state index contributed by atoms with van der Waals surface area (Å²) >= 11 is 12.3. The predicted octanol–water partition coefficient (Wildman–Crippen LogP) is 2.98. The molecule has 0 atom stereocenters. The lowest BCUT2D eigenvalue weighted by molar-refractivity contribution is 0.103. The van der Waals surface area contributed by atoms with E-state index in [1.165, 1.54) is 31.2 Å². The van der Waals surface area contributed by atoms with Crippen molar-refractivity contribution in [2.24, 2.45) is 7.05 Å². The Kier molecular flexibility index (Phi) is 4.20. The van der Waals surface area contributed by atoms with Crippen LogP contribution in [0, 0.1) is 0 Å². The minimum Gasteiger partial charge on any atom is -0.493 e. The van der Waals surface area contributed by atoms with Crippen molar-refractivity contribution < 1.29 is 14.3 Å². The third kappa shape index (κ3) is 2.34. The Bertz CT molecular complexity index is 668. The SMILES string of the molecule is COc1cc(C(=O)c2ccnn2C)c(Cl)c(Cl)c1OC. The van der Waals surface area contributed by atoms with Crippen LogP contribution in [0.2, 0.25) is 10.0 Å². The van der Waals surface area contributed by atoms with Gasteiger partial charge in [-0.25, -0.2) is 0 Å². The molecule has 0 unspecified atom stereocenters. The van der Waals surface area contributed by atoms with Gasteiger partial charge in [-0.05, 0) is 12.1 Å². The number of ether oxygens (including phenoxy) is 2. The van der Waals surface area contributed by atoms with Crippen molar-refractivity contribution in [2.75, 3.05) is 14.2 Å². The van der Waals surface area contributed by atoms with Crippen molar-refractivity contribution >= 4 is 29.0 Å². The van der Waals surface area contributed by atoms with Crippen LogP contribution >= 0.6 is 23.2 Å². The second kappa shape index (κ2) is 5.73. The Morgan fingerprint density at radius 1 is 1.25 bits per heavy atom. The Labute approximate surface area is 126 Å². The lowest BCUT2D eigenvalue weighted by Gasteiger charge is -2.13. The lowest BCUT2D eigenvalue weighted by atomic mass is 10.1. The van der Waals surface area contributed by atoms with E-state index in [9.17, 15) is 4.79 Å². The van der Waals surface area contributed by atoms with Crippen LogP contribution in [0.15, 0.2) is 18.3 Å². The fourth-order valence-electron chi connectivity index (χ4n) is 1.83. The summed E-state index contributed by atoms with van der Waals surface area (Å²) in [6.45, 7) is 0. The number of hydrogen-bond donors (Lipinski definition) is 0. The zero-order valence-corrected chi connectivity index (χ0v) is 12.6. The van der Waals surface area contributed by atoms with Crippen LogP contribution < -0.4 is 9.47 Å². The number of nitrogens with zero attached hydrogens (tertiary/aromatic N) is 2. The van der Waals surface area contributed by atoms with Crippen molar-refractivity contribution in [3.8, 4) is 11.5 Å². The zero-order valence-electron chi connectivity index (χ0n) is 11.1. The maximum absolute atomic E-state index is 12.5. The number of halogens is 2. The number of carbonyl (C=O) groups excluding carboxylic acids is 1. The smallest absolute Gasteiger partial charge is 0.212 e. The molecule has 0 saturated carbocycles.